The Hall–Kier alpha value is -2.93. The molecule has 0 saturated carbocycles. The van der Waals surface area contributed by atoms with E-state index >= 15 is 0 Å². The maximum absolute atomic E-state index is 13.1. The summed E-state index contributed by atoms with van der Waals surface area (Å²) in [5, 5.41) is 0.691. The number of nitrogens with zero attached hydrogens (tertiary/aromatic N) is 3. The number of methoxy groups -OCH3 is 1. The molecule has 1 saturated heterocycles. The normalized spacial score (nSPS) is 15.3. The van der Waals surface area contributed by atoms with Gasteiger partial charge in [0.2, 0.25) is 0 Å². The van der Waals surface area contributed by atoms with Crippen molar-refractivity contribution in [3.63, 3.8) is 0 Å². The minimum atomic E-state index is -0.0324. The first-order chi connectivity index (χ1) is 17.1. The zero-order valence-electron chi connectivity index (χ0n) is 20.0. The number of pyridine rings is 2. The maximum atomic E-state index is 13.1. The fourth-order valence-corrected chi connectivity index (χ4v) is 5.11. The van der Waals surface area contributed by atoms with Crippen LogP contribution in [0.2, 0.25) is 5.02 Å². The summed E-state index contributed by atoms with van der Waals surface area (Å²) < 4.78 is 12.4. The second-order valence-electron chi connectivity index (χ2n) is 9.05. The van der Waals surface area contributed by atoms with Crippen molar-refractivity contribution in [1.29, 1.82) is 0 Å². The number of anilines is 1. The highest BCUT2D eigenvalue weighted by Crippen LogP contribution is 2.33. The molecule has 1 aliphatic heterocycles. The number of fused-ring (bicyclic) bond motifs is 1. The Bertz CT molecular complexity index is 1290. The fourth-order valence-electron chi connectivity index (χ4n) is 4.83. The molecule has 2 aliphatic rings. The highest BCUT2D eigenvalue weighted by molar-refractivity contribution is 6.30. The van der Waals surface area contributed by atoms with E-state index in [1.54, 1.807) is 17.7 Å². The van der Waals surface area contributed by atoms with E-state index in [4.69, 9.17) is 26.1 Å². The summed E-state index contributed by atoms with van der Waals surface area (Å²) in [7, 11) is 1.71. The van der Waals surface area contributed by atoms with Gasteiger partial charge in [0.1, 0.15) is 0 Å². The average Bonchev–Trinajstić information content (AvgIpc) is 3.29. The Morgan fingerprint density at radius 2 is 1.94 bits per heavy atom. The number of halogens is 1. The highest BCUT2D eigenvalue weighted by Gasteiger charge is 2.20. The molecule has 182 valence electrons. The molecule has 7 heteroatoms. The molecule has 0 spiro atoms. The predicted molar refractivity (Wildman–Crippen MR) is 140 cm³/mol. The topological polar surface area (TPSA) is 56.6 Å². The molecule has 0 N–H and O–H groups in total. The van der Waals surface area contributed by atoms with Crippen molar-refractivity contribution in [1.82, 2.24) is 9.55 Å². The lowest BCUT2D eigenvalue weighted by Crippen LogP contribution is -2.36. The van der Waals surface area contributed by atoms with Crippen LogP contribution in [0, 0.1) is 0 Å². The molecule has 2 aromatic heterocycles. The summed E-state index contributed by atoms with van der Waals surface area (Å²) >= 11 is 6.35. The largest absolute Gasteiger partial charge is 0.385 e. The predicted octanol–water partition coefficient (Wildman–Crippen LogP) is 4.35. The molecule has 35 heavy (non-hydrogen) atoms. The van der Waals surface area contributed by atoms with Crippen molar-refractivity contribution in [3.8, 4) is 0 Å². The Balaban J connectivity index is 1.35. The van der Waals surface area contributed by atoms with Gasteiger partial charge in [-0.25, -0.2) is 0 Å². The van der Waals surface area contributed by atoms with Crippen LogP contribution in [-0.2, 0) is 28.9 Å². The molecule has 1 aromatic carbocycles. The Morgan fingerprint density at radius 1 is 1.11 bits per heavy atom. The SMILES string of the molecule is COCCCc1cc(Cl)cc(Cn2ccc(C3=CCc4ncc(N5CCOCC5)cc43)cc2=O)c1. The van der Waals surface area contributed by atoms with Crippen molar-refractivity contribution in [2.45, 2.75) is 25.8 Å². The number of aryl methyl sites for hydroxylation is 1. The van der Waals surface area contributed by atoms with Crippen molar-refractivity contribution >= 4 is 22.9 Å². The van der Waals surface area contributed by atoms with Crippen LogP contribution in [0.25, 0.3) is 5.57 Å². The van der Waals surface area contributed by atoms with Crippen LogP contribution in [0.15, 0.2) is 59.7 Å². The number of rotatable bonds is 8. The Kier molecular flexibility index (Phi) is 7.32. The lowest BCUT2D eigenvalue weighted by Gasteiger charge is -2.29. The van der Waals surface area contributed by atoms with Crippen LogP contribution in [0.4, 0.5) is 5.69 Å². The molecule has 0 amide bonds. The van der Waals surface area contributed by atoms with E-state index in [-0.39, 0.29) is 5.56 Å². The number of benzene rings is 1. The van der Waals surface area contributed by atoms with Crippen molar-refractivity contribution < 1.29 is 9.47 Å². The first-order valence-corrected chi connectivity index (χ1v) is 12.5. The molecule has 0 bridgehead atoms. The van der Waals surface area contributed by atoms with E-state index in [1.807, 2.05) is 30.6 Å². The summed E-state index contributed by atoms with van der Waals surface area (Å²) in [5.41, 5.74) is 7.43. The first kappa shape index (κ1) is 23.8. The van der Waals surface area contributed by atoms with Gasteiger partial charge in [0.05, 0.1) is 37.3 Å². The second kappa shape index (κ2) is 10.8. The summed E-state index contributed by atoms with van der Waals surface area (Å²) in [6, 6.07) is 12.0. The van der Waals surface area contributed by atoms with Crippen LogP contribution in [0.5, 0.6) is 0 Å². The highest BCUT2D eigenvalue weighted by atomic mass is 35.5. The van der Waals surface area contributed by atoms with Crippen LogP contribution in [0.3, 0.4) is 0 Å². The zero-order chi connectivity index (χ0) is 24.2. The van der Waals surface area contributed by atoms with Gasteiger partial charge in [0.25, 0.3) is 5.56 Å². The number of ether oxygens (including phenoxy) is 2. The minimum absolute atomic E-state index is 0.0324. The Labute approximate surface area is 210 Å². The van der Waals surface area contributed by atoms with Gasteiger partial charge in [-0.3, -0.25) is 9.78 Å². The molecule has 1 fully saturated rings. The average molecular weight is 492 g/mol. The molecule has 5 rings (SSSR count). The Morgan fingerprint density at radius 3 is 2.74 bits per heavy atom. The van der Waals surface area contributed by atoms with E-state index in [2.05, 4.69) is 23.1 Å². The van der Waals surface area contributed by atoms with Gasteiger partial charge >= 0.3 is 0 Å². The van der Waals surface area contributed by atoms with Crippen LogP contribution >= 0.6 is 11.6 Å². The number of allylic oxidation sites excluding steroid dienone is 1. The van der Waals surface area contributed by atoms with Gasteiger partial charge in [-0.1, -0.05) is 23.7 Å². The van der Waals surface area contributed by atoms with E-state index in [0.717, 1.165) is 84.8 Å². The molecule has 0 unspecified atom stereocenters. The molecule has 3 heterocycles. The summed E-state index contributed by atoms with van der Waals surface area (Å²) in [4.78, 5) is 20.1. The monoisotopic (exact) mass is 491 g/mol. The lowest BCUT2D eigenvalue weighted by molar-refractivity contribution is 0.122. The van der Waals surface area contributed by atoms with Crippen molar-refractivity contribution in [3.05, 3.63) is 98.2 Å². The summed E-state index contributed by atoms with van der Waals surface area (Å²) in [6.07, 6.45) is 8.61. The van der Waals surface area contributed by atoms with Gasteiger partial charge < -0.3 is 18.9 Å². The van der Waals surface area contributed by atoms with Gasteiger partial charge in [-0.05, 0) is 59.4 Å². The fraction of sp³-hybridized carbons (Fsp3) is 0.357. The van der Waals surface area contributed by atoms with Crippen LogP contribution in [0.1, 0.15) is 34.4 Å². The van der Waals surface area contributed by atoms with Gasteiger partial charge in [0.15, 0.2) is 0 Å². The van der Waals surface area contributed by atoms with Crippen LogP contribution in [-0.4, -0.2) is 49.6 Å². The van der Waals surface area contributed by atoms with Crippen molar-refractivity contribution in [2.75, 3.05) is 44.9 Å². The number of hydrogen-bond acceptors (Lipinski definition) is 5. The standard InChI is InChI=1S/C28H30ClN3O3/c1-34-10-2-3-20-13-21(15-23(29)14-20)19-32-7-6-22(16-28(32)33)25-4-5-27-26(25)17-24(18-30-27)31-8-11-35-12-9-31/h4,6-7,13-18H,2-3,5,8-12,19H2,1H3. The van der Waals surface area contributed by atoms with E-state index in [9.17, 15) is 4.79 Å². The van der Waals surface area contributed by atoms with Gasteiger partial charge in [-0.15, -0.1) is 0 Å². The smallest absolute Gasteiger partial charge is 0.251 e. The molecule has 0 radical (unpaired) electrons. The van der Waals surface area contributed by atoms with E-state index in [0.29, 0.717) is 18.2 Å². The van der Waals surface area contributed by atoms with Gasteiger partial charge in [-0.2, -0.15) is 0 Å². The maximum Gasteiger partial charge on any atom is 0.251 e. The van der Waals surface area contributed by atoms with E-state index < -0.39 is 0 Å². The van der Waals surface area contributed by atoms with Crippen molar-refractivity contribution in [2.24, 2.45) is 0 Å². The molecule has 6 nitrogen and oxygen atoms in total. The third kappa shape index (κ3) is 5.50. The molecule has 3 aromatic rings. The number of hydrogen-bond donors (Lipinski definition) is 0. The van der Waals surface area contributed by atoms with E-state index in [1.165, 1.54) is 0 Å². The minimum Gasteiger partial charge on any atom is -0.385 e. The molecule has 0 atom stereocenters. The molecular formula is C28H30ClN3O3. The summed E-state index contributed by atoms with van der Waals surface area (Å²) in [6.45, 7) is 4.40. The van der Waals surface area contributed by atoms with Gasteiger partial charge in [0, 0.05) is 56.1 Å². The number of morpholine rings is 1. The zero-order valence-corrected chi connectivity index (χ0v) is 20.8. The van der Waals surface area contributed by atoms with Crippen LogP contribution < -0.4 is 10.5 Å². The first-order valence-electron chi connectivity index (χ1n) is 12.1. The number of aromatic nitrogens is 2. The third-order valence-electron chi connectivity index (χ3n) is 6.61. The lowest BCUT2D eigenvalue weighted by atomic mass is 10.0. The molecule has 1 aliphatic carbocycles. The molecular weight excluding hydrogens is 462 g/mol. The second-order valence-corrected chi connectivity index (χ2v) is 9.49. The quantitative estimate of drug-likeness (QED) is 0.438. The summed E-state index contributed by atoms with van der Waals surface area (Å²) in [5.74, 6) is 0. The third-order valence-corrected chi connectivity index (χ3v) is 6.83.